The van der Waals surface area contributed by atoms with Gasteiger partial charge in [-0.1, -0.05) is 51.3 Å². The molecule has 0 aliphatic rings. The third-order valence-electron chi connectivity index (χ3n) is 2.71. The number of aryl methyl sites for hydroxylation is 1. The SMILES string of the molecule is Cc1ccc(C(O)c2cc(Cl)cc(Br)c2)cc1Cl. The molecule has 4 heteroatoms. The van der Waals surface area contributed by atoms with Crippen LogP contribution in [-0.4, -0.2) is 5.11 Å². The van der Waals surface area contributed by atoms with Crippen molar-refractivity contribution in [3.63, 3.8) is 0 Å². The molecule has 1 atom stereocenters. The zero-order valence-electron chi connectivity index (χ0n) is 9.62. The molecule has 0 fully saturated rings. The van der Waals surface area contributed by atoms with Crippen molar-refractivity contribution in [2.45, 2.75) is 13.0 Å². The lowest BCUT2D eigenvalue weighted by Gasteiger charge is -2.13. The van der Waals surface area contributed by atoms with E-state index in [4.69, 9.17) is 23.2 Å². The van der Waals surface area contributed by atoms with Crippen molar-refractivity contribution >= 4 is 39.1 Å². The standard InChI is InChI=1S/C14H11BrCl2O/c1-8-2-3-9(6-13(8)17)14(18)10-4-11(15)7-12(16)5-10/h2-7,14,18H,1H3. The highest BCUT2D eigenvalue weighted by Crippen LogP contribution is 2.29. The summed E-state index contributed by atoms with van der Waals surface area (Å²) in [7, 11) is 0. The van der Waals surface area contributed by atoms with Gasteiger partial charge in [0.1, 0.15) is 6.10 Å². The molecule has 2 rings (SSSR count). The summed E-state index contributed by atoms with van der Waals surface area (Å²) in [5, 5.41) is 11.5. The van der Waals surface area contributed by atoms with Crippen LogP contribution < -0.4 is 0 Å². The molecule has 1 N–H and O–H groups in total. The summed E-state index contributed by atoms with van der Waals surface area (Å²) in [5.74, 6) is 0. The fourth-order valence-corrected chi connectivity index (χ4v) is 2.78. The number of aliphatic hydroxyl groups excluding tert-OH is 1. The second-order valence-electron chi connectivity index (χ2n) is 4.11. The minimum atomic E-state index is -0.738. The maximum atomic E-state index is 10.3. The number of rotatable bonds is 2. The van der Waals surface area contributed by atoms with Crippen molar-refractivity contribution in [1.29, 1.82) is 0 Å². The first-order valence-electron chi connectivity index (χ1n) is 5.37. The molecule has 0 aliphatic heterocycles. The second-order valence-corrected chi connectivity index (χ2v) is 5.87. The molecule has 0 heterocycles. The molecule has 1 unspecified atom stereocenters. The summed E-state index contributed by atoms with van der Waals surface area (Å²) >= 11 is 15.4. The minimum Gasteiger partial charge on any atom is -0.384 e. The molecule has 0 saturated carbocycles. The van der Waals surface area contributed by atoms with Gasteiger partial charge in [0.05, 0.1) is 0 Å². The summed E-state index contributed by atoms with van der Waals surface area (Å²) in [6.45, 7) is 1.93. The number of halogens is 3. The minimum absolute atomic E-state index is 0.580. The maximum Gasteiger partial charge on any atom is 0.104 e. The summed E-state index contributed by atoms with van der Waals surface area (Å²) < 4.78 is 0.835. The first-order chi connectivity index (χ1) is 8.47. The Hall–Kier alpha value is -0.540. The molecule has 0 aromatic heterocycles. The van der Waals surface area contributed by atoms with Crippen LogP contribution in [0.1, 0.15) is 22.8 Å². The van der Waals surface area contributed by atoms with Crippen LogP contribution in [0.4, 0.5) is 0 Å². The van der Waals surface area contributed by atoms with Gasteiger partial charge in [-0.3, -0.25) is 0 Å². The van der Waals surface area contributed by atoms with E-state index >= 15 is 0 Å². The van der Waals surface area contributed by atoms with Crippen LogP contribution in [0, 0.1) is 6.92 Å². The predicted octanol–water partition coefficient (Wildman–Crippen LogP) is 5.15. The van der Waals surface area contributed by atoms with Crippen LogP contribution in [0.2, 0.25) is 10.0 Å². The lowest BCUT2D eigenvalue weighted by atomic mass is 10.0. The van der Waals surface area contributed by atoms with Gasteiger partial charge in [0, 0.05) is 14.5 Å². The lowest BCUT2D eigenvalue weighted by Crippen LogP contribution is -2.00. The molecule has 94 valence electrons. The van der Waals surface area contributed by atoms with Gasteiger partial charge in [-0.25, -0.2) is 0 Å². The van der Waals surface area contributed by atoms with Gasteiger partial charge < -0.3 is 5.11 Å². The Bertz CT molecular complexity index is 564. The van der Waals surface area contributed by atoms with Gasteiger partial charge >= 0.3 is 0 Å². The molecule has 0 aliphatic carbocycles. The van der Waals surface area contributed by atoms with Crippen molar-refractivity contribution in [1.82, 2.24) is 0 Å². The number of hydrogen-bond donors (Lipinski definition) is 1. The van der Waals surface area contributed by atoms with Gasteiger partial charge in [0.25, 0.3) is 0 Å². The van der Waals surface area contributed by atoms with E-state index in [2.05, 4.69) is 15.9 Å². The Balaban J connectivity index is 2.40. The molecule has 0 saturated heterocycles. The van der Waals surface area contributed by atoms with Crippen LogP contribution in [0.15, 0.2) is 40.9 Å². The molecular formula is C14H11BrCl2O. The van der Waals surface area contributed by atoms with Gasteiger partial charge in [0.15, 0.2) is 0 Å². The topological polar surface area (TPSA) is 20.2 Å². The predicted molar refractivity (Wildman–Crippen MR) is 79.4 cm³/mol. The molecule has 0 radical (unpaired) electrons. The third kappa shape index (κ3) is 3.07. The Morgan fingerprint density at radius 1 is 1.06 bits per heavy atom. The zero-order chi connectivity index (χ0) is 13.3. The zero-order valence-corrected chi connectivity index (χ0v) is 12.7. The Morgan fingerprint density at radius 3 is 2.39 bits per heavy atom. The van der Waals surface area contributed by atoms with Gasteiger partial charge in [-0.05, 0) is 47.9 Å². The van der Waals surface area contributed by atoms with Crippen molar-refractivity contribution < 1.29 is 5.11 Å². The normalized spacial score (nSPS) is 12.5. The van der Waals surface area contributed by atoms with Crippen molar-refractivity contribution in [3.8, 4) is 0 Å². The van der Waals surface area contributed by atoms with E-state index in [0.717, 1.165) is 21.2 Å². The number of aliphatic hydroxyl groups is 1. The van der Waals surface area contributed by atoms with Gasteiger partial charge in [-0.2, -0.15) is 0 Å². The number of hydrogen-bond acceptors (Lipinski definition) is 1. The highest BCUT2D eigenvalue weighted by atomic mass is 79.9. The van der Waals surface area contributed by atoms with Gasteiger partial charge in [0.2, 0.25) is 0 Å². The first-order valence-corrected chi connectivity index (χ1v) is 6.92. The molecule has 0 spiro atoms. The van der Waals surface area contributed by atoms with E-state index in [0.29, 0.717) is 10.0 Å². The fraction of sp³-hybridized carbons (Fsp3) is 0.143. The molecule has 0 bridgehead atoms. The largest absolute Gasteiger partial charge is 0.384 e. The summed E-state index contributed by atoms with van der Waals surface area (Å²) in [6.07, 6.45) is -0.738. The summed E-state index contributed by atoms with van der Waals surface area (Å²) in [6, 6.07) is 10.9. The second kappa shape index (κ2) is 5.62. The molecular weight excluding hydrogens is 335 g/mol. The summed E-state index contributed by atoms with van der Waals surface area (Å²) in [4.78, 5) is 0. The Kier molecular flexibility index (Phi) is 4.33. The molecule has 1 nitrogen and oxygen atoms in total. The average Bonchev–Trinajstić information content (AvgIpc) is 2.30. The Morgan fingerprint density at radius 2 is 1.78 bits per heavy atom. The highest BCUT2D eigenvalue weighted by molar-refractivity contribution is 9.10. The van der Waals surface area contributed by atoms with Crippen molar-refractivity contribution in [3.05, 3.63) is 67.6 Å². The van der Waals surface area contributed by atoms with E-state index in [9.17, 15) is 5.11 Å². The number of benzene rings is 2. The first kappa shape index (κ1) is 13.9. The molecule has 2 aromatic carbocycles. The third-order valence-corrected chi connectivity index (χ3v) is 3.80. The van der Waals surface area contributed by atoms with Crippen LogP contribution in [-0.2, 0) is 0 Å². The van der Waals surface area contributed by atoms with Crippen molar-refractivity contribution in [2.24, 2.45) is 0 Å². The van der Waals surface area contributed by atoms with Crippen LogP contribution in [0.3, 0.4) is 0 Å². The van der Waals surface area contributed by atoms with Crippen LogP contribution in [0.25, 0.3) is 0 Å². The monoisotopic (exact) mass is 344 g/mol. The maximum absolute atomic E-state index is 10.3. The fourth-order valence-electron chi connectivity index (χ4n) is 1.70. The van der Waals surface area contributed by atoms with E-state index in [1.807, 2.05) is 25.1 Å². The van der Waals surface area contributed by atoms with Crippen LogP contribution in [0.5, 0.6) is 0 Å². The van der Waals surface area contributed by atoms with E-state index < -0.39 is 6.10 Å². The average molecular weight is 346 g/mol. The summed E-state index contributed by atoms with van der Waals surface area (Å²) in [5.41, 5.74) is 2.47. The van der Waals surface area contributed by atoms with E-state index in [-0.39, 0.29) is 0 Å². The molecule has 0 amide bonds. The van der Waals surface area contributed by atoms with E-state index in [1.54, 1.807) is 18.2 Å². The highest BCUT2D eigenvalue weighted by Gasteiger charge is 2.12. The Labute approximate surface area is 124 Å². The van der Waals surface area contributed by atoms with Crippen LogP contribution >= 0.6 is 39.1 Å². The van der Waals surface area contributed by atoms with Gasteiger partial charge in [-0.15, -0.1) is 0 Å². The smallest absolute Gasteiger partial charge is 0.104 e. The van der Waals surface area contributed by atoms with E-state index in [1.165, 1.54) is 0 Å². The quantitative estimate of drug-likeness (QED) is 0.798. The molecule has 2 aromatic rings. The van der Waals surface area contributed by atoms with Crippen molar-refractivity contribution in [2.75, 3.05) is 0 Å². The lowest BCUT2D eigenvalue weighted by molar-refractivity contribution is 0.220. The molecule has 18 heavy (non-hydrogen) atoms.